The quantitative estimate of drug-likeness (QED) is 0.634. The molecule has 0 saturated carbocycles. The zero-order chi connectivity index (χ0) is 19.5. The van der Waals surface area contributed by atoms with Crippen LogP contribution in [0.4, 0.5) is 16.5 Å². The number of pyridine rings is 1. The van der Waals surface area contributed by atoms with Crippen molar-refractivity contribution >= 4 is 40.1 Å². The third kappa shape index (κ3) is 4.24. The van der Waals surface area contributed by atoms with Crippen LogP contribution in [0.2, 0.25) is 0 Å². The zero-order valence-corrected chi connectivity index (χ0v) is 17.8. The average molecular weight is 413 g/mol. The summed E-state index contributed by atoms with van der Waals surface area (Å²) < 4.78 is 2.72. The molecule has 0 radical (unpaired) electrons. The lowest BCUT2D eigenvalue weighted by Gasteiger charge is -2.35. The lowest BCUT2D eigenvalue weighted by molar-refractivity contribution is 0.195. The highest BCUT2D eigenvalue weighted by atomic mass is 32.1. The minimum absolute atomic E-state index is 0.730. The Kier molecular flexibility index (Phi) is 5.70. The van der Waals surface area contributed by atoms with E-state index < -0.39 is 0 Å². The average Bonchev–Trinajstić information content (AvgIpc) is 3.05. The summed E-state index contributed by atoms with van der Waals surface area (Å²) >= 11 is 7.07. The molecule has 1 aliphatic rings. The fourth-order valence-electron chi connectivity index (χ4n) is 3.34. The van der Waals surface area contributed by atoms with Crippen LogP contribution in [0.5, 0.6) is 0 Å². The Morgan fingerprint density at radius 1 is 1.07 bits per heavy atom. The van der Waals surface area contributed by atoms with E-state index in [2.05, 4.69) is 64.3 Å². The Balaban J connectivity index is 1.38. The van der Waals surface area contributed by atoms with Gasteiger partial charge in [0, 0.05) is 49.9 Å². The fraction of sp³-hybridized carbons (Fsp3) is 0.350. The van der Waals surface area contributed by atoms with Gasteiger partial charge in [-0.05, 0) is 55.4 Å². The molecule has 3 aromatic rings. The van der Waals surface area contributed by atoms with Gasteiger partial charge in [-0.15, -0.1) is 5.10 Å². The van der Waals surface area contributed by atoms with Crippen LogP contribution in [-0.4, -0.2) is 45.8 Å². The number of aryl methyl sites for hydroxylation is 1. The van der Waals surface area contributed by atoms with E-state index in [1.54, 1.807) is 0 Å². The molecule has 0 unspecified atom stereocenters. The van der Waals surface area contributed by atoms with Crippen molar-refractivity contribution in [2.24, 2.45) is 0 Å². The molecule has 0 bridgehead atoms. The van der Waals surface area contributed by atoms with Crippen LogP contribution in [0.3, 0.4) is 0 Å². The van der Waals surface area contributed by atoms with Crippen molar-refractivity contribution in [2.75, 3.05) is 36.4 Å². The molecule has 1 N–H and O–H groups in total. The number of hydrogen-bond donors (Lipinski definition) is 1. The highest BCUT2D eigenvalue weighted by Gasteiger charge is 2.18. The summed E-state index contributed by atoms with van der Waals surface area (Å²) in [7, 11) is 0. The third-order valence-corrected chi connectivity index (χ3v) is 6.41. The van der Waals surface area contributed by atoms with Gasteiger partial charge in [0.25, 0.3) is 0 Å². The Bertz CT molecular complexity index is 989. The number of nitrogens with one attached hydrogen (secondary N) is 1. The number of rotatable bonds is 5. The Morgan fingerprint density at radius 2 is 1.82 bits per heavy atom. The number of nitrogens with zero attached hydrogens (tertiary/aromatic N) is 5. The molecular weight excluding hydrogens is 388 g/mol. The van der Waals surface area contributed by atoms with Gasteiger partial charge >= 0.3 is 0 Å². The van der Waals surface area contributed by atoms with E-state index in [0.29, 0.717) is 0 Å². The second-order valence-electron chi connectivity index (χ2n) is 7.00. The van der Waals surface area contributed by atoms with Crippen molar-refractivity contribution in [1.82, 2.24) is 19.7 Å². The smallest absolute Gasteiger partial charge is 0.209 e. The second kappa shape index (κ2) is 8.38. The molecule has 6 nitrogen and oxygen atoms in total. The number of anilines is 3. The minimum Gasteiger partial charge on any atom is -0.369 e. The number of aromatic nitrogens is 3. The summed E-state index contributed by atoms with van der Waals surface area (Å²) in [4.78, 5) is 8.89. The maximum absolute atomic E-state index is 5.55. The van der Waals surface area contributed by atoms with Gasteiger partial charge in [-0.25, -0.2) is 4.68 Å². The van der Waals surface area contributed by atoms with Crippen molar-refractivity contribution in [2.45, 2.75) is 20.5 Å². The van der Waals surface area contributed by atoms with Gasteiger partial charge in [0.2, 0.25) is 5.13 Å². The van der Waals surface area contributed by atoms with Crippen molar-refractivity contribution in [3.05, 3.63) is 57.8 Å². The van der Waals surface area contributed by atoms with Crippen molar-refractivity contribution in [3.63, 3.8) is 0 Å². The predicted octanol–water partition coefficient (Wildman–Crippen LogP) is 4.21. The lowest BCUT2D eigenvalue weighted by atomic mass is 10.1. The Hall–Kier alpha value is -2.29. The lowest BCUT2D eigenvalue weighted by Crippen LogP contribution is -2.46. The first-order valence-electron chi connectivity index (χ1n) is 9.38. The van der Waals surface area contributed by atoms with Crippen LogP contribution in [0, 0.1) is 17.8 Å². The van der Waals surface area contributed by atoms with Crippen LogP contribution < -0.4 is 10.2 Å². The van der Waals surface area contributed by atoms with Gasteiger partial charge in [0.05, 0.1) is 6.67 Å². The summed E-state index contributed by atoms with van der Waals surface area (Å²) in [6, 6.07) is 10.4. The maximum Gasteiger partial charge on any atom is 0.209 e. The van der Waals surface area contributed by atoms with Crippen LogP contribution in [0.1, 0.15) is 11.1 Å². The summed E-state index contributed by atoms with van der Waals surface area (Å²) in [6.45, 7) is 8.93. The molecule has 1 aliphatic heterocycles. The first kappa shape index (κ1) is 19.0. The molecule has 0 spiro atoms. The predicted molar refractivity (Wildman–Crippen MR) is 118 cm³/mol. The van der Waals surface area contributed by atoms with Crippen molar-refractivity contribution in [1.29, 1.82) is 0 Å². The Morgan fingerprint density at radius 3 is 2.57 bits per heavy atom. The van der Waals surface area contributed by atoms with Gasteiger partial charge in [-0.1, -0.05) is 23.5 Å². The molecule has 0 atom stereocenters. The van der Waals surface area contributed by atoms with Crippen LogP contribution in [0.15, 0.2) is 42.7 Å². The van der Waals surface area contributed by atoms with Gasteiger partial charge < -0.3 is 10.2 Å². The van der Waals surface area contributed by atoms with Gasteiger partial charge in [-0.3, -0.25) is 9.88 Å². The SMILES string of the molecule is Cc1cccc(Nc2nn(CN3CCN(c4ccncc4)CC3)c(=S)s2)c1C. The highest BCUT2D eigenvalue weighted by Crippen LogP contribution is 2.25. The van der Waals surface area contributed by atoms with E-state index >= 15 is 0 Å². The summed E-state index contributed by atoms with van der Waals surface area (Å²) in [5.74, 6) is 0. The largest absolute Gasteiger partial charge is 0.369 e. The second-order valence-corrected chi connectivity index (χ2v) is 8.62. The molecule has 8 heteroatoms. The first-order chi connectivity index (χ1) is 13.6. The van der Waals surface area contributed by atoms with E-state index in [-0.39, 0.29) is 0 Å². The minimum atomic E-state index is 0.730. The van der Waals surface area contributed by atoms with Crippen LogP contribution >= 0.6 is 23.6 Å². The number of piperazine rings is 1. The van der Waals surface area contributed by atoms with E-state index in [1.165, 1.54) is 28.2 Å². The van der Waals surface area contributed by atoms with Crippen molar-refractivity contribution in [3.8, 4) is 0 Å². The number of hydrogen-bond acceptors (Lipinski definition) is 7. The topological polar surface area (TPSA) is 49.2 Å². The molecule has 1 aromatic carbocycles. The standard InChI is InChI=1S/C20H24N6S2/c1-15-4-3-5-18(16(15)2)22-19-23-26(20(27)28-19)14-24-10-12-25(13-11-24)17-6-8-21-9-7-17/h3-9H,10-14H2,1-2H3,(H,22,23). The van der Waals surface area contributed by atoms with Gasteiger partial charge in [0.15, 0.2) is 3.95 Å². The van der Waals surface area contributed by atoms with E-state index in [1.807, 2.05) is 17.1 Å². The van der Waals surface area contributed by atoms with Crippen LogP contribution in [-0.2, 0) is 6.67 Å². The molecule has 0 aliphatic carbocycles. The molecule has 1 fully saturated rings. The normalized spacial score (nSPS) is 15.0. The molecule has 28 heavy (non-hydrogen) atoms. The highest BCUT2D eigenvalue weighted by molar-refractivity contribution is 7.73. The Labute approximate surface area is 174 Å². The van der Waals surface area contributed by atoms with Crippen molar-refractivity contribution < 1.29 is 0 Å². The zero-order valence-electron chi connectivity index (χ0n) is 16.1. The molecule has 0 amide bonds. The van der Waals surface area contributed by atoms with E-state index in [4.69, 9.17) is 17.3 Å². The molecule has 3 heterocycles. The summed E-state index contributed by atoms with van der Waals surface area (Å²) in [5, 5.41) is 8.97. The molecule has 1 saturated heterocycles. The van der Waals surface area contributed by atoms with Gasteiger partial charge in [0.1, 0.15) is 0 Å². The number of benzene rings is 1. The summed E-state index contributed by atoms with van der Waals surface area (Å²) in [5.41, 5.74) is 4.82. The molecule has 4 rings (SSSR count). The van der Waals surface area contributed by atoms with Crippen LogP contribution in [0.25, 0.3) is 0 Å². The monoisotopic (exact) mass is 412 g/mol. The third-order valence-electron chi connectivity index (χ3n) is 5.19. The molecule has 146 valence electrons. The molecule has 2 aromatic heterocycles. The van der Waals surface area contributed by atoms with E-state index in [9.17, 15) is 0 Å². The molecular formula is C20H24N6S2. The summed E-state index contributed by atoms with van der Waals surface area (Å²) in [6.07, 6.45) is 3.70. The van der Waals surface area contributed by atoms with Gasteiger partial charge in [-0.2, -0.15) is 0 Å². The first-order valence-corrected chi connectivity index (χ1v) is 10.6. The maximum atomic E-state index is 5.55. The fourth-order valence-corrected chi connectivity index (χ4v) is 4.34. The van der Waals surface area contributed by atoms with E-state index in [0.717, 1.165) is 47.6 Å².